The molecule has 4 heteroatoms. The van der Waals surface area contributed by atoms with E-state index in [0.717, 1.165) is 6.54 Å². The van der Waals surface area contributed by atoms with Gasteiger partial charge >= 0.3 is 0 Å². The van der Waals surface area contributed by atoms with Crippen LogP contribution >= 0.6 is 11.8 Å². The van der Waals surface area contributed by atoms with Crippen LogP contribution in [-0.2, 0) is 10.8 Å². The number of thioether (sulfide) groups is 1. The molecule has 1 heterocycles. The van der Waals surface area contributed by atoms with E-state index >= 15 is 0 Å². The topological polar surface area (TPSA) is 29.1 Å². The molecule has 1 fully saturated rings. The summed E-state index contributed by atoms with van der Waals surface area (Å²) < 4.78 is 11.2. The molecule has 0 aromatic rings. The minimum atomic E-state index is -0.703. The van der Waals surface area contributed by atoms with E-state index in [1.54, 1.807) is 6.26 Å². The molecule has 0 bridgehead atoms. The molecular weight excluding hydrogens is 226 g/mol. The zero-order chi connectivity index (χ0) is 11.5. The van der Waals surface area contributed by atoms with Gasteiger partial charge in [-0.15, -0.1) is 0 Å². The van der Waals surface area contributed by atoms with Crippen molar-refractivity contribution < 1.29 is 4.21 Å². The van der Waals surface area contributed by atoms with Crippen molar-refractivity contribution in [2.45, 2.75) is 38.5 Å². The van der Waals surface area contributed by atoms with Gasteiger partial charge in [-0.1, -0.05) is 13.8 Å². The van der Waals surface area contributed by atoms with E-state index in [1.165, 1.54) is 17.9 Å². The van der Waals surface area contributed by atoms with E-state index in [4.69, 9.17) is 0 Å². The molecular formula is C11H23NOS2. The van der Waals surface area contributed by atoms with Gasteiger partial charge in [-0.25, -0.2) is 0 Å². The number of hydrogen-bond donors (Lipinski definition) is 1. The van der Waals surface area contributed by atoms with Crippen LogP contribution in [0.25, 0.3) is 0 Å². The highest BCUT2D eigenvalue weighted by atomic mass is 32.2. The second-order valence-electron chi connectivity index (χ2n) is 5.30. The smallest absolute Gasteiger partial charge is 0.0441 e. The summed E-state index contributed by atoms with van der Waals surface area (Å²) in [5, 5.41) is 3.81. The molecule has 3 unspecified atom stereocenters. The Labute approximate surface area is 100 Å². The Kier molecular flexibility index (Phi) is 5.13. The molecule has 0 spiro atoms. The Balaban J connectivity index is 2.30. The maximum atomic E-state index is 11.2. The third-order valence-corrected chi connectivity index (χ3v) is 5.80. The van der Waals surface area contributed by atoms with Gasteiger partial charge in [0.15, 0.2) is 0 Å². The predicted octanol–water partition coefficient (Wildman–Crippen LogP) is 1.87. The normalized spacial score (nSPS) is 29.7. The lowest BCUT2D eigenvalue weighted by atomic mass is 9.88. The molecule has 3 atom stereocenters. The fraction of sp³-hybridized carbons (Fsp3) is 1.00. The molecule has 0 radical (unpaired) electrons. The largest absolute Gasteiger partial charge is 0.312 e. The summed E-state index contributed by atoms with van der Waals surface area (Å²) in [4.78, 5) is 0. The van der Waals surface area contributed by atoms with Crippen LogP contribution in [0.3, 0.4) is 0 Å². The van der Waals surface area contributed by atoms with E-state index in [9.17, 15) is 4.21 Å². The second-order valence-corrected chi connectivity index (χ2v) is 8.13. The molecule has 1 N–H and O–H groups in total. The van der Waals surface area contributed by atoms with Crippen molar-refractivity contribution in [1.29, 1.82) is 0 Å². The first-order valence-corrected chi connectivity index (χ1v) is 8.32. The van der Waals surface area contributed by atoms with E-state index < -0.39 is 10.8 Å². The summed E-state index contributed by atoms with van der Waals surface area (Å²) in [6, 6.07) is 0.602. The highest BCUT2D eigenvalue weighted by Crippen LogP contribution is 2.33. The van der Waals surface area contributed by atoms with Crippen molar-refractivity contribution in [3.63, 3.8) is 0 Å². The molecule has 1 aliphatic rings. The van der Waals surface area contributed by atoms with Crippen molar-refractivity contribution in [2.75, 3.05) is 24.3 Å². The van der Waals surface area contributed by atoms with Crippen molar-refractivity contribution in [2.24, 2.45) is 5.41 Å². The zero-order valence-electron chi connectivity index (χ0n) is 10.2. The number of hydrogen-bond acceptors (Lipinski definition) is 3. The predicted molar refractivity (Wildman–Crippen MR) is 71.0 cm³/mol. The highest BCUT2D eigenvalue weighted by molar-refractivity contribution is 7.99. The number of nitrogens with one attached hydrogen (secondary N) is 1. The lowest BCUT2D eigenvalue weighted by Crippen LogP contribution is -2.43. The molecule has 1 saturated heterocycles. The third kappa shape index (κ3) is 4.87. The maximum Gasteiger partial charge on any atom is 0.0441 e. The van der Waals surface area contributed by atoms with Crippen LogP contribution in [0.4, 0.5) is 0 Å². The van der Waals surface area contributed by atoms with Crippen molar-refractivity contribution in [1.82, 2.24) is 5.32 Å². The average Bonchev–Trinajstić information content (AvgIpc) is 2.12. The molecule has 0 amide bonds. The van der Waals surface area contributed by atoms with Crippen molar-refractivity contribution in [3.05, 3.63) is 0 Å². The molecule has 0 aromatic heterocycles. The van der Waals surface area contributed by atoms with Crippen molar-refractivity contribution in [3.8, 4) is 0 Å². The Morgan fingerprint density at radius 2 is 2.27 bits per heavy atom. The van der Waals surface area contributed by atoms with Crippen LogP contribution in [0.2, 0.25) is 0 Å². The van der Waals surface area contributed by atoms with Gasteiger partial charge in [-0.2, -0.15) is 11.8 Å². The van der Waals surface area contributed by atoms with Crippen molar-refractivity contribution >= 4 is 22.6 Å². The van der Waals surface area contributed by atoms with Gasteiger partial charge in [0, 0.05) is 40.6 Å². The summed E-state index contributed by atoms with van der Waals surface area (Å²) in [5.74, 6) is 2.47. The van der Waals surface area contributed by atoms with Gasteiger partial charge in [0.1, 0.15) is 0 Å². The first-order chi connectivity index (χ1) is 6.91. The second kappa shape index (κ2) is 5.69. The van der Waals surface area contributed by atoms with Crippen LogP contribution in [0.15, 0.2) is 0 Å². The molecule has 1 rings (SSSR count). The molecule has 90 valence electrons. The minimum Gasteiger partial charge on any atom is -0.312 e. The summed E-state index contributed by atoms with van der Waals surface area (Å²) >= 11 is 2.03. The van der Waals surface area contributed by atoms with Gasteiger partial charge in [0.05, 0.1) is 0 Å². The first-order valence-electron chi connectivity index (χ1n) is 5.54. The van der Waals surface area contributed by atoms with Gasteiger partial charge in [-0.3, -0.25) is 4.21 Å². The Bertz CT molecular complexity index is 231. The Morgan fingerprint density at radius 3 is 2.80 bits per heavy atom. The average molecular weight is 249 g/mol. The zero-order valence-corrected chi connectivity index (χ0v) is 11.8. The number of rotatable bonds is 4. The molecule has 0 aromatic carbocycles. The monoisotopic (exact) mass is 249 g/mol. The van der Waals surface area contributed by atoms with Crippen LogP contribution in [0.5, 0.6) is 0 Å². The van der Waals surface area contributed by atoms with E-state index in [1.807, 2.05) is 18.7 Å². The molecule has 1 aliphatic heterocycles. The summed E-state index contributed by atoms with van der Waals surface area (Å²) in [7, 11) is -0.703. The van der Waals surface area contributed by atoms with E-state index in [-0.39, 0.29) is 5.25 Å². The quantitative estimate of drug-likeness (QED) is 0.825. The maximum absolute atomic E-state index is 11.2. The summed E-state index contributed by atoms with van der Waals surface area (Å²) in [6.07, 6.45) is 3.02. The fourth-order valence-corrected chi connectivity index (χ4v) is 3.48. The highest BCUT2D eigenvalue weighted by Gasteiger charge is 2.28. The fourth-order valence-electron chi connectivity index (χ4n) is 1.84. The SMILES string of the molecule is CC(CNC1CSCC(C)(C)C1)S(C)=O. The molecule has 0 saturated carbocycles. The Morgan fingerprint density at radius 1 is 1.60 bits per heavy atom. The lowest BCUT2D eigenvalue weighted by molar-refractivity contribution is 0.319. The van der Waals surface area contributed by atoms with Crippen LogP contribution in [0, 0.1) is 5.41 Å². The van der Waals surface area contributed by atoms with Gasteiger partial charge in [0.2, 0.25) is 0 Å². The standard InChI is InChI=1S/C11H23NOS2/c1-9(15(4)13)6-12-10-5-11(2,3)8-14-7-10/h9-10,12H,5-8H2,1-4H3. The van der Waals surface area contributed by atoms with Crippen LogP contribution < -0.4 is 5.32 Å². The van der Waals surface area contributed by atoms with E-state index in [0.29, 0.717) is 11.5 Å². The first kappa shape index (κ1) is 13.5. The van der Waals surface area contributed by atoms with Gasteiger partial charge in [0.25, 0.3) is 0 Å². The van der Waals surface area contributed by atoms with E-state index in [2.05, 4.69) is 19.2 Å². The third-order valence-electron chi connectivity index (χ3n) is 2.87. The summed E-state index contributed by atoms with van der Waals surface area (Å²) in [5.41, 5.74) is 0.454. The molecule has 15 heavy (non-hydrogen) atoms. The van der Waals surface area contributed by atoms with Gasteiger partial charge in [-0.05, 0) is 24.5 Å². The van der Waals surface area contributed by atoms with Gasteiger partial charge < -0.3 is 5.32 Å². The van der Waals surface area contributed by atoms with Crippen LogP contribution in [0.1, 0.15) is 27.2 Å². The Hall–Kier alpha value is 0.460. The lowest BCUT2D eigenvalue weighted by Gasteiger charge is -2.35. The van der Waals surface area contributed by atoms with Crippen LogP contribution in [-0.4, -0.2) is 39.8 Å². The summed E-state index contributed by atoms with van der Waals surface area (Å²) in [6.45, 7) is 7.58. The molecule has 2 nitrogen and oxygen atoms in total. The molecule has 0 aliphatic carbocycles. The minimum absolute atomic E-state index is 0.264.